The van der Waals surface area contributed by atoms with Gasteiger partial charge in [-0.25, -0.2) is 4.98 Å². The number of rotatable bonds is 2. The molecule has 2 aromatic rings. The number of aryl methyl sites for hydroxylation is 2. The normalized spacial score (nSPS) is 18.7. The van der Waals surface area contributed by atoms with Crippen LogP contribution >= 0.6 is 0 Å². The van der Waals surface area contributed by atoms with Crippen molar-refractivity contribution in [3.63, 3.8) is 0 Å². The van der Waals surface area contributed by atoms with Gasteiger partial charge in [-0.05, 0) is 25.3 Å². The molecule has 3 heteroatoms. The summed E-state index contributed by atoms with van der Waals surface area (Å²) >= 11 is 0. The lowest BCUT2D eigenvalue weighted by atomic mass is 9.90. The molecular formula is C15H19N3. The number of fused-ring (bicyclic) bond motifs is 1. The van der Waals surface area contributed by atoms with E-state index in [0.717, 1.165) is 18.8 Å². The van der Waals surface area contributed by atoms with Crippen LogP contribution in [0.5, 0.6) is 0 Å². The van der Waals surface area contributed by atoms with Crippen molar-refractivity contribution in [3.05, 3.63) is 53.1 Å². The first-order chi connectivity index (χ1) is 8.78. The van der Waals surface area contributed by atoms with Gasteiger partial charge in [-0.3, -0.25) is 0 Å². The van der Waals surface area contributed by atoms with Gasteiger partial charge in [-0.1, -0.05) is 29.8 Å². The summed E-state index contributed by atoms with van der Waals surface area (Å²) in [5, 5.41) is 0. The Bertz CT molecular complexity index is 526. The van der Waals surface area contributed by atoms with Gasteiger partial charge in [-0.15, -0.1) is 0 Å². The van der Waals surface area contributed by atoms with E-state index < -0.39 is 0 Å². The van der Waals surface area contributed by atoms with Crippen molar-refractivity contribution in [3.8, 4) is 0 Å². The Morgan fingerprint density at radius 2 is 2.11 bits per heavy atom. The van der Waals surface area contributed by atoms with Crippen LogP contribution in [-0.4, -0.2) is 9.55 Å². The first kappa shape index (κ1) is 11.5. The number of nitrogens with two attached hydrogens (primary N) is 1. The molecule has 1 unspecified atom stereocenters. The molecule has 0 radical (unpaired) electrons. The van der Waals surface area contributed by atoms with E-state index in [0.29, 0.717) is 12.5 Å². The topological polar surface area (TPSA) is 43.8 Å². The molecule has 0 bridgehead atoms. The second-order valence-electron chi connectivity index (χ2n) is 5.13. The molecule has 1 atom stereocenters. The van der Waals surface area contributed by atoms with Gasteiger partial charge in [0.05, 0.1) is 6.54 Å². The number of aromatic nitrogens is 2. The SMILES string of the molecule is Cc1ccc(C2CCc3cnc(CN)n3C2)cc1. The van der Waals surface area contributed by atoms with Crippen molar-refractivity contribution in [1.29, 1.82) is 0 Å². The fourth-order valence-corrected chi connectivity index (χ4v) is 2.78. The van der Waals surface area contributed by atoms with E-state index in [4.69, 9.17) is 5.73 Å². The molecule has 1 aliphatic rings. The lowest BCUT2D eigenvalue weighted by Gasteiger charge is -2.25. The fraction of sp³-hybridized carbons (Fsp3) is 0.400. The Labute approximate surface area is 108 Å². The van der Waals surface area contributed by atoms with Crippen molar-refractivity contribution in [2.75, 3.05) is 0 Å². The molecule has 94 valence electrons. The van der Waals surface area contributed by atoms with E-state index in [2.05, 4.69) is 40.7 Å². The Morgan fingerprint density at radius 3 is 2.83 bits per heavy atom. The van der Waals surface area contributed by atoms with Crippen LogP contribution in [0.1, 0.15) is 35.0 Å². The number of benzene rings is 1. The Balaban J connectivity index is 1.87. The molecular weight excluding hydrogens is 222 g/mol. The Hall–Kier alpha value is -1.61. The van der Waals surface area contributed by atoms with E-state index >= 15 is 0 Å². The molecule has 18 heavy (non-hydrogen) atoms. The minimum absolute atomic E-state index is 0.528. The summed E-state index contributed by atoms with van der Waals surface area (Å²) in [6.45, 7) is 3.68. The van der Waals surface area contributed by atoms with E-state index in [1.54, 1.807) is 0 Å². The summed E-state index contributed by atoms with van der Waals surface area (Å²) in [5.41, 5.74) is 9.82. The molecule has 0 fully saturated rings. The minimum atomic E-state index is 0.528. The molecule has 1 aromatic heterocycles. The third kappa shape index (κ3) is 1.95. The summed E-state index contributed by atoms with van der Waals surface area (Å²) in [4.78, 5) is 4.40. The summed E-state index contributed by atoms with van der Waals surface area (Å²) in [6, 6.07) is 8.90. The third-order valence-electron chi connectivity index (χ3n) is 3.90. The van der Waals surface area contributed by atoms with Crippen LogP contribution in [0.4, 0.5) is 0 Å². The van der Waals surface area contributed by atoms with Crippen LogP contribution < -0.4 is 5.73 Å². The lowest BCUT2D eigenvalue weighted by molar-refractivity contribution is 0.451. The summed E-state index contributed by atoms with van der Waals surface area (Å²) in [5.74, 6) is 1.61. The molecule has 1 aromatic carbocycles. The average Bonchev–Trinajstić information content (AvgIpc) is 2.81. The highest BCUT2D eigenvalue weighted by atomic mass is 15.1. The molecule has 2 N–H and O–H groups in total. The summed E-state index contributed by atoms with van der Waals surface area (Å²) in [6.07, 6.45) is 4.29. The number of nitrogens with zero attached hydrogens (tertiary/aromatic N) is 2. The highest BCUT2D eigenvalue weighted by Crippen LogP contribution is 2.29. The smallest absolute Gasteiger partial charge is 0.122 e. The van der Waals surface area contributed by atoms with Gasteiger partial charge < -0.3 is 10.3 Å². The largest absolute Gasteiger partial charge is 0.330 e. The molecule has 0 amide bonds. The van der Waals surface area contributed by atoms with Gasteiger partial charge in [0.25, 0.3) is 0 Å². The predicted octanol–water partition coefficient (Wildman–Crippen LogP) is 2.38. The first-order valence-electron chi connectivity index (χ1n) is 6.58. The monoisotopic (exact) mass is 241 g/mol. The number of hydrogen-bond acceptors (Lipinski definition) is 2. The average molecular weight is 241 g/mol. The molecule has 0 saturated carbocycles. The zero-order valence-electron chi connectivity index (χ0n) is 10.8. The highest BCUT2D eigenvalue weighted by molar-refractivity contribution is 5.26. The second kappa shape index (κ2) is 4.58. The zero-order valence-corrected chi connectivity index (χ0v) is 10.8. The van der Waals surface area contributed by atoms with Crippen LogP contribution in [0, 0.1) is 6.92 Å². The quantitative estimate of drug-likeness (QED) is 0.877. The first-order valence-corrected chi connectivity index (χ1v) is 6.58. The number of hydrogen-bond donors (Lipinski definition) is 1. The lowest BCUT2D eigenvalue weighted by Crippen LogP contribution is -2.21. The van der Waals surface area contributed by atoms with E-state index in [9.17, 15) is 0 Å². The van der Waals surface area contributed by atoms with Crippen molar-refractivity contribution in [2.24, 2.45) is 5.73 Å². The van der Waals surface area contributed by atoms with Crippen molar-refractivity contribution >= 4 is 0 Å². The van der Waals surface area contributed by atoms with Gasteiger partial charge in [-0.2, -0.15) is 0 Å². The molecule has 0 spiro atoms. The molecule has 0 saturated heterocycles. The van der Waals surface area contributed by atoms with Crippen LogP contribution in [0.25, 0.3) is 0 Å². The standard InChI is InChI=1S/C15H19N3/c1-11-2-4-12(5-3-11)13-6-7-14-9-17-15(8-16)18(14)10-13/h2-5,9,13H,6-8,10,16H2,1H3. The van der Waals surface area contributed by atoms with Crippen LogP contribution in [0.3, 0.4) is 0 Å². The minimum Gasteiger partial charge on any atom is -0.330 e. The fourth-order valence-electron chi connectivity index (χ4n) is 2.78. The second-order valence-corrected chi connectivity index (χ2v) is 5.13. The van der Waals surface area contributed by atoms with Crippen molar-refractivity contribution < 1.29 is 0 Å². The summed E-state index contributed by atoms with van der Waals surface area (Å²) < 4.78 is 2.30. The zero-order chi connectivity index (χ0) is 12.5. The maximum atomic E-state index is 5.74. The third-order valence-corrected chi connectivity index (χ3v) is 3.90. The van der Waals surface area contributed by atoms with Gasteiger partial charge in [0.2, 0.25) is 0 Å². The van der Waals surface area contributed by atoms with Gasteiger partial charge >= 0.3 is 0 Å². The highest BCUT2D eigenvalue weighted by Gasteiger charge is 2.21. The van der Waals surface area contributed by atoms with Gasteiger partial charge in [0.1, 0.15) is 5.82 Å². The van der Waals surface area contributed by atoms with Gasteiger partial charge in [0, 0.05) is 24.4 Å². The molecule has 3 rings (SSSR count). The molecule has 3 nitrogen and oxygen atoms in total. The van der Waals surface area contributed by atoms with Crippen molar-refractivity contribution in [2.45, 2.75) is 38.8 Å². The predicted molar refractivity (Wildman–Crippen MR) is 72.4 cm³/mol. The summed E-state index contributed by atoms with van der Waals surface area (Å²) in [7, 11) is 0. The van der Waals surface area contributed by atoms with Crippen LogP contribution in [0.2, 0.25) is 0 Å². The van der Waals surface area contributed by atoms with Crippen LogP contribution in [0.15, 0.2) is 30.5 Å². The van der Waals surface area contributed by atoms with E-state index in [-0.39, 0.29) is 0 Å². The van der Waals surface area contributed by atoms with Crippen molar-refractivity contribution in [1.82, 2.24) is 9.55 Å². The molecule has 1 aliphatic heterocycles. The Kier molecular flexibility index (Phi) is 2.92. The maximum Gasteiger partial charge on any atom is 0.122 e. The number of imidazole rings is 1. The molecule has 0 aliphatic carbocycles. The molecule has 2 heterocycles. The van der Waals surface area contributed by atoms with E-state index in [1.807, 2.05) is 6.20 Å². The maximum absolute atomic E-state index is 5.74. The Morgan fingerprint density at radius 1 is 1.33 bits per heavy atom. The van der Waals surface area contributed by atoms with Gasteiger partial charge in [0.15, 0.2) is 0 Å². The van der Waals surface area contributed by atoms with Crippen LogP contribution in [-0.2, 0) is 19.5 Å². The van der Waals surface area contributed by atoms with E-state index in [1.165, 1.54) is 23.2 Å².